The molecule has 2 nitrogen and oxygen atoms in total. The number of hydrogen-bond acceptors (Lipinski definition) is 3. The van der Waals surface area contributed by atoms with E-state index in [4.69, 9.17) is 5.11 Å². The standard InChI is InChI=1S/C14H22BrNOS/c1-3-7-16-11(2)13-6-5-12(15)10-14(13)18-9-4-8-17/h5-6,10-11,16-17H,3-4,7-9H2,1-2H3. The van der Waals surface area contributed by atoms with Gasteiger partial charge in [-0.2, -0.15) is 0 Å². The highest BCUT2D eigenvalue weighted by atomic mass is 79.9. The lowest BCUT2D eigenvalue weighted by atomic mass is 10.1. The Morgan fingerprint density at radius 1 is 1.44 bits per heavy atom. The molecule has 1 unspecified atom stereocenters. The van der Waals surface area contributed by atoms with Crippen LogP contribution in [0.4, 0.5) is 0 Å². The van der Waals surface area contributed by atoms with E-state index in [2.05, 4.69) is 53.3 Å². The van der Waals surface area contributed by atoms with Gasteiger partial charge in [-0.05, 0) is 44.0 Å². The van der Waals surface area contributed by atoms with Gasteiger partial charge >= 0.3 is 0 Å². The first kappa shape index (κ1) is 16.0. The predicted octanol–water partition coefficient (Wildman–Crippen LogP) is 3.98. The van der Waals surface area contributed by atoms with Crippen LogP contribution in [-0.4, -0.2) is 24.0 Å². The van der Waals surface area contributed by atoms with E-state index in [9.17, 15) is 0 Å². The lowest BCUT2D eigenvalue weighted by Gasteiger charge is -2.18. The zero-order valence-corrected chi connectivity index (χ0v) is 13.5. The molecule has 0 bridgehead atoms. The number of halogens is 1. The van der Waals surface area contributed by atoms with E-state index in [1.54, 1.807) is 0 Å². The minimum absolute atomic E-state index is 0.264. The SMILES string of the molecule is CCCNC(C)c1ccc(Br)cc1SCCCO. The van der Waals surface area contributed by atoms with Crippen molar-refractivity contribution in [2.75, 3.05) is 18.9 Å². The van der Waals surface area contributed by atoms with Crippen LogP contribution < -0.4 is 5.32 Å². The Morgan fingerprint density at radius 2 is 2.22 bits per heavy atom. The fourth-order valence-electron chi connectivity index (χ4n) is 1.71. The van der Waals surface area contributed by atoms with Crippen molar-refractivity contribution >= 4 is 27.7 Å². The monoisotopic (exact) mass is 331 g/mol. The van der Waals surface area contributed by atoms with Gasteiger partial charge < -0.3 is 10.4 Å². The van der Waals surface area contributed by atoms with Gasteiger partial charge in [0.2, 0.25) is 0 Å². The molecule has 4 heteroatoms. The number of hydrogen-bond donors (Lipinski definition) is 2. The summed E-state index contributed by atoms with van der Waals surface area (Å²) in [4.78, 5) is 1.30. The number of aliphatic hydroxyl groups excluding tert-OH is 1. The van der Waals surface area contributed by atoms with Crippen LogP contribution in [-0.2, 0) is 0 Å². The summed E-state index contributed by atoms with van der Waals surface area (Å²) in [5, 5.41) is 12.4. The van der Waals surface area contributed by atoms with E-state index in [1.165, 1.54) is 10.5 Å². The van der Waals surface area contributed by atoms with Gasteiger partial charge in [0.25, 0.3) is 0 Å². The average molecular weight is 332 g/mol. The van der Waals surface area contributed by atoms with Gasteiger partial charge in [-0.3, -0.25) is 0 Å². The number of rotatable bonds is 8. The molecule has 0 aliphatic carbocycles. The maximum atomic E-state index is 8.86. The van der Waals surface area contributed by atoms with Crippen molar-refractivity contribution in [1.82, 2.24) is 5.32 Å². The average Bonchev–Trinajstić information content (AvgIpc) is 2.36. The number of benzene rings is 1. The summed E-state index contributed by atoms with van der Waals surface area (Å²) in [5.74, 6) is 0.959. The highest BCUT2D eigenvalue weighted by Gasteiger charge is 2.10. The molecule has 0 heterocycles. The van der Waals surface area contributed by atoms with E-state index in [1.807, 2.05) is 11.8 Å². The molecule has 1 atom stereocenters. The molecule has 102 valence electrons. The molecule has 0 saturated carbocycles. The molecule has 0 saturated heterocycles. The van der Waals surface area contributed by atoms with Crippen LogP contribution in [0.5, 0.6) is 0 Å². The second kappa shape index (κ2) is 8.97. The third-order valence-corrected chi connectivity index (χ3v) is 4.35. The topological polar surface area (TPSA) is 32.3 Å². The summed E-state index contributed by atoms with van der Waals surface area (Å²) in [5.41, 5.74) is 1.34. The summed E-state index contributed by atoms with van der Waals surface area (Å²) >= 11 is 5.34. The van der Waals surface area contributed by atoms with Crippen LogP contribution in [0.2, 0.25) is 0 Å². The molecule has 1 aromatic rings. The van der Waals surface area contributed by atoms with Gasteiger partial charge in [-0.1, -0.05) is 28.9 Å². The Bertz CT molecular complexity index is 360. The summed E-state index contributed by atoms with van der Waals surface area (Å²) in [6.07, 6.45) is 1.99. The first-order chi connectivity index (χ1) is 8.69. The third-order valence-electron chi connectivity index (χ3n) is 2.70. The van der Waals surface area contributed by atoms with Crippen molar-refractivity contribution in [3.63, 3.8) is 0 Å². The molecule has 1 aromatic carbocycles. The van der Waals surface area contributed by atoms with Crippen LogP contribution in [0.25, 0.3) is 0 Å². The molecule has 0 fully saturated rings. The number of aliphatic hydroxyl groups is 1. The Morgan fingerprint density at radius 3 is 2.89 bits per heavy atom. The predicted molar refractivity (Wildman–Crippen MR) is 83.3 cm³/mol. The molecule has 0 radical (unpaired) electrons. The second-order valence-electron chi connectivity index (χ2n) is 4.28. The van der Waals surface area contributed by atoms with Crippen LogP contribution >= 0.6 is 27.7 Å². The van der Waals surface area contributed by atoms with E-state index in [0.717, 1.165) is 29.6 Å². The third kappa shape index (κ3) is 5.31. The van der Waals surface area contributed by atoms with Crippen molar-refractivity contribution < 1.29 is 5.11 Å². The number of nitrogens with one attached hydrogen (secondary N) is 1. The van der Waals surface area contributed by atoms with Gasteiger partial charge in [0.1, 0.15) is 0 Å². The molecular weight excluding hydrogens is 310 g/mol. The van der Waals surface area contributed by atoms with Crippen LogP contribution in [0, 0.1) is 0 Å². The summed E-state index contributed by atoms with van der Waals surface area (Å²) in [6.45, 7) is 5.69. The highest BCUT2D eigenvalue weighted by molar-refractivity contribution is 9.10. The Kier molecular flexibility index (Phi) is 7.98. The van der Waals surface area contributed by atoms with Gasteiger partial charge in [0.05, 0.1) is 0 Å². The van der Waals surface area contributed by atoms with Crippen LogP contribution in [0.3, 0.4) is 0 Å². The minimum Gasteiger partial charge on any atom is -0.396 e. The zero-order chi connectivity index (χ0) is 13.4. The Hall–Kier alpha value is -0.0300. The molecule has 0 amide bonds. The van der Waals surface area contributed by atoms with Gasteiger partial charge in [-0.25, -0.2) is 0 Å². The van der Waals surface area contributed by atoms with E-state index in [0.29, 0.717) is 6.04 Å². The minimum atomic E-state index is 0.264. The highest BCUT2D eigenvalue weighted by Crippen LogP contribution is 2.30. The summed E-state index contributed by atoms with van der Waals surface area (Å²) in [6, 6.07) is 6.81. The van der Waals surface area contributed by atoms with Gasteiger partial charge in [0.15, 0.2) is 0 Å². The van der Waals surface area contributed by atoms with Crippen molar-refractivity contribution in [3.05, 3.63) is 28.2 Å². The first-order valence-electron chi connectivity index (χ1n) is 6.45. The largest absolute Gasteiger partial charge is 0.396 e. The maximum Gasteiger partial charge on any atom is 0.0439 e. The van der Waals surface area contributed by atoms with Crippen molar-refractivity contribution in [3.8, 4) is 0 Å². The molecule has 18 heavy (non-hydrogen) atoms. The maximum absolute atomic E-state index is 8.86. The van der Waals surface area contributed by atoms with Gasteiger partial charge in [-0.15, -0.1) is 11.8 Å². The molecule has 1 rings (SSSR count). The molecule has 0 aliphatic heterocycles. The van der Waals surface area contributed by atoms with Crippen LogP contribution in [0.1, 0.15) is 38.3 Å². The quantitative estimate of drug-likeness (QED) is 0.558. The smallest absolute Gasteiger partial charge is 0.0439 e. The van der Waals surface area contributed by atoms with Crippen LogP contribution in [0.15, 0.2) is 27.6 Å². The normalized spacial score (nSPS) is 12.7. The zero-order valence-electron chi connectivity index (χ0n) is 11.1. The fourth-order valence-corrected chi connectivity index (χ4v) is 3.34. The fraction of sp³-hybridized carbons (Fsp3) is 0.571. The molecular formula is C14H22BrNOS. The Balaban J connectivity index is 2.74. The second-order valence-corrected chi connectivity index (χ2v) is 6.34. The summed E-state index contributed by atoms with van der Waals surface area (Å²) in [7, 11) is 0. The number of thioether (sulfide) groups is 1. The van der Waals surface area contributed by atoms with Gasteiger partial charge in [0, 0.05) is 27.8 Å². The molecule has 0 aliphatic rings. The summed E-state index contributed by atoms with van der Waals surface area (Å²) < 4.78 is 1.11. The Labute approximate surface area is 123 Å². The van der Waals surface area contributed by atoms with Crippen molar-refractivity contribution in [1.29, 1.82) is 0 Å². The molecule has 2 N–H and O–H groups in total. The molecule has 0 aromatic heterocycles. The first-order valence-corrected chi connectivity index (χ1v) is 8.23. The van der Waals surface area contributed by atoms with E-state index < -0.39 is 0 Å². The van der Waals surface area contributed by atoms with Crippen molar-refractivity contribution in [2.45, 2.75) is 37.6 Å². The van der Waals surface area contributed by atoms with Crippen molar-refractivity contribution in [2.24, 2.45) is 0 Å². The van der Waals surface area contributed by atoms with E-state index in [-0.39, 0.29) is 6.61 Å². The lowest BCUT2D eigenvalue weighted by Crippen LogP contribution is -2.19. The van der Waals surface area contributed by atoms with E-state index >= 15 is 0 Å². The molecule has 0 spiro atoms. The lowest BCUT2D eigenvalue weighted by molar-refractivity contribution is 0.296.